The molecule has 0 aliphatic heterocycles. The quantitative estimate of drug-likeness (QED) is 0.811. The number of hydrogen-bond donors (Lipinski definition) is 2. The molecule has 0 fully saturated rings. The molecular weight excluding hydrogens is 321 g/mol. The maximum atomic E-state index is 13.1. The van der Waals surface area contributed by atoms with Crippen molar-refractivity contribution in [2.75, 3.05) is 6.54 Å². The number of carboxylic acid groups (broad SMARTS) is 1. The summed E-state index contributed by atoms with van der Waals surface area (Å²) in [5.41, 5.74) is 1.24. The molecule has 0 unspecified atom stereocenters. The summed E-state index contributed by atoms with van der Waals surface area (Å²) < 4.78 is 39.4. The average molecular weight is 337 g/mol. The summed E-state index contributed by atoms with van der Waals surface area (Å²) in [6.07, 6.45) is 0.365. The third-order valence-electron chi connectivity index (χ3n) is 3.16. The van der Waals surface area contributed by atoms with E-state index in [2.05, 4.69) is 4.72 Å². The molecule has 23 heavy (non-hydrogen) atoms. The molecule has 0 spiro atoms. The Labute approximate surface area is 133 Å². The summed E-state index contributed by atoms with van der Waals surface area (Å²) in [4.78, 5) is 10.9. The van der Waals surface area contributed by atoms with Crippen LogP contribution in [0.5, 0.6) is 0 Å². The van der Waals surface area contributed by atoms with Crippen LogP contribution in [0.25, 0.3) is 0 Å². The van der Waals surface area contributed by atoms with Crippen LogP contribution in [0, 0.1) is 5.82 Å². The highest BCUT2D eigenvalue weighted by molar-refractivity contribution is 7.88. The summed E-state index contributed by atoms with van der Waals surface area (Å²) in [6, 6.07) is 11.7. The molecule has 0 atom stereocenters. The highest BCUT2D eigenvalue weighted by atomic mass is 32.2. The Balaban J connectivity index is 1.92. The summed E-state index contributed by atoms with van der Waals surface area (Å²) in [5.74, 6) is -1.82. The highest BCUT2D eigenvalue weighted by Gasteiger charge is 2.12. The monoisotopic (exact) mass is 337 g/mol. The van der Waals surface area contributed by atoms with Crippen LogP contribution in [0.1, 0.15) is 21.5 Å². The predicted molar refractivity (Wildman–Crippen MR) is 84.1 cm³/mol. The van der Waals surface area contributed by atoms with E-state index in [1.165, 1.54) is 30.3 Å². The van der Waals surface area contributed by atoms with E-state index in [1.807, 2.05) is 0 Å². The minimum absolute atomic E-state index is 0.140. The van der Waals surface area contributed by atoms with E-state index in [9.17, 15) is 17.6 Å². The van der Waals surface area contributed by atoms with E-state index in [-0.39, 0.29) is 17.9 Å². The van der Waals surface area contributed by atoms with E-state index in [1.54, 1.807) is 18.2 Å². The second-order valence-corrected chi connectivity index (χ2v) is 6.85. The Bertz CT molecular complexity index is 805. The van der Waals surface area contributed by atoms with Gasteiger partial charge in [0.25, 0.3) is 0 Å². The van der Waals surface area contributed by atoms with E-state index in [0.717, 1.165) is 5.56 Å². The zero-order chi connectivity index (χ0) is 16.9. The fraction of sp³-hybridized carbons (Fsp3) is 0.188. The number of rotatable bonds is 7. The maximum Gasteiger partial charge on any atom is 0.335 e. The van der Waals surface area contributed by atoms with Gasteiger partial charge in [-0.15, -0.1) is 0 Å². The lowest BCUT2D eigenvalue weighted by Gasteiger charge is -2.07. The van der Waals surface area contributed by atoms with E-state index >= 15 is 0 Å². The van der Waals surface area contributed by atoms with Crippen molar-refractivity contribution in [3.8, 4) is 0 Å². The summed E-state index contributed by atoms with van der Waals surface area (Å²) in [6.45, 7) is 0.140. The number of benzene rings is 2. The Morgan fingerprint density at radius 1 is 1.09 bits per heavy atom. The van der Waals surface area contributed by atoms with Gasteiger partial charge in [0.2, 0.25) is 10.0 Å². The van der Waals surface area contributed by atoms with Crippen LogP contribution >= 0.6 is 0 Å². The highest BCUT2D eigenvalue weighted by Crippen LogP contribution is 2.08. The van der Waals surface area contributed by atoms with Crippen LogP contribution in [0.3, 0.4) is 0 Å². The predicted octanol–water partition coefficient (Wildman–Crippen LogP) is 2.19. The third kappa shape index (κ3) is 5.46. The molecule has 0 aliphatic rings. The molecule has 2 aromatic carbocycles. The molecule has 2 N–H and O–H groups in total. The van der Waals surface area contributed by atoms with Crippen molar-refractivity contribution in [2.45, 2.75) is 12.2 Å². The number of halogens is 1. The van der Waals surface area contributed by atoms with Crippen molar-refractivity contribution in [3.05, 3.63) is 71.0 Å². The number of hydrogen-bond acceptors (Lipinski definition) is 3. The summed E-state index contributed by atoms with van der Waals surface area (Å²) in [7, 11) is -3.58. The molecule has 0 saturated carbocycles. The number of nitrogens with one attached hydrogen (secondary N) is 1. The van der Waals surface area contributed by atoms with Crippen molar-refractivity contribution in [3.63, 3.8) is 0 Å². The topological polar surface area (TPSA) is 83.5 Å². The first-order chi connectivity index (χ1) is 10.9. The zero-order valence-corrected chi connectivity index (χ0v) is 13.0. The molecule has 0 bridgehead atoms. The van der Waals surface area contributed by atoms with Gasteiger partial charge < -0.3 is 5.11 Å². The minimum atomic E-state index is -3.58. The fourth-order valence-corrected chi connectivity index (χ4v) is 3.24. The first-order valence-corrected chi connectivity index (χ1v) is 8.55. The molecule has 0 saturated heterocycles. The van der Waals surface area contributed by atoms with Gasteiger partial charge in [-0.1, -0.05) is 24.3 Å². The summed E-state index contributed by atoms with van der Waals surface area (Å²) >= 11 is 0. The number of aromatic carboxylic acids is 1. The molecule has 5 nitrogen and oxygen atoms in total. The normalized spacial score (nSPS) is 11.3. The van der Waals surface area contributed by atoms with Crippen molar-refractivity contribution >= 4 is 16.0 Å². The maximum absolute atomic E-state index is 13.1. The van der Waals surface area contributed by atoms with Gasteiger partial charge in [0, 0.05) is 6.54 Å². The van der Waals surface area contributed by atoms with E-state index in [0.29, 0.717) is 12.0 Å². The van der Waals surface area contributed by atoms with E-state index < -0.39 is 21.8 Å². The lowest BCUT2D eigenvalue weighted by molar-refractivity contribution is 0.0696. The second kappa shape index (κ2) is 7.34. The number of carbonyl (C=O) groups is 1. The Morgan fingerprint density at radius 3 is 2.48 bits per heavy atom. The van der Waals surface area contributed by atoms with Crippen molar-refractivity contribution in [2.24, 2.45) is 0 Å². The molecule has 0 aromatic heterocycles. The minimum Gasteiger partial charge on any atom is -0.478 e. The van der Waals surface area contributed by atoms with Gasteiger partial charge in [0.15, 0.2) is 0 Å². The third-order valence-corrected chi connectivity index (χ3v) is 4.51. The standard InChI is InChI=1S/C16H16FNO4S/c17-15-6-2-4-13(10-15)11-23(21,22)18-8-7-12-3-1-5-14(9-12)16(19)20/h1-6,9-10,18H,7-8,11H2,(H,19,20). The van der Waals surface area contributed by atoms with Gasteiger partial charge in [-0.2, -0.15) is 0 Å². The molecule has 0 aliphatic carbocycles. The Morgan fingerprint density at radius 2 is 1.78 bits per heavy atom. The van der Waals surface area contributed by atoms with Crippen LogP contribution < -0.4 is 4.72 Å². The Kier molecular flexibility index (Phi) is 5.46. The lowest BCUT2D eigenvalue weighted by Crippen LogP contribution is -2.27. The van der Waals surface area contributed by atoms with E-state index in [4.69, 9.17) is 5.11 Å². The molecule has 122 valence electrons. The van der Waals surface area contributed by atoms with Gasteiger partial charge in [0.1, 0.15) is 5.82 Å². The Hall–Kier alpha value is -2.25. The molecule has 0 heterocycles. The smallest absolute Gasteiger partial charge is 0.335 e. The average Bonchev–Trinajstić information content (AvgIpc) is 2.46. The van der Waals surface area contributed by atoms with Crippen LogP contribution in [-0.4, -0.2) is 26.0 Å². The van der Waals surface area contributed by atoms with Crippen molar-refractivity contribution in [1.82, 2.24) is 4.72 Å². The van der Waals surface area contributed by atoms with Crippen LogP contribution in [0.15, 0.2) is 48.5 Å². The lowest BCUT2D eigenvalue weighted by atomic mass is 10.1. The van der Waals surface area contributed by atoms with Crippen molar-refractivity contribution < 1.29 is 22.7 Å². The molecule has 0 radical (unpaired) electrons. The second-order valence-electron chi connectivity index (χ2n) is 5.04. The van der Waals surface area contributed by atoms with Crippen LogP contribution in [0.4, 0.5) is 4.39 Å². The first-order valence-electron chi connectivity index (χ1n) is 6.90. The van der Waals surface area contributed by atoms with Gasteiger partial charge in [-0.05, 0) is 41.8 Å². The van der Waals surface area contributed by atoms with Crippen LogP contribution in [-0.2, 0) is 22.2 Å². The largest absolute Gasteiger partial charge is 0.478 e. The molecule has 7 heteroatoms. The number of sulfonamides is 1. The molecule has 2 rings (SSSR count). The van der Waals surface area contributed by atoms with Crippen LogP contribution in [0.2, 0.25) is 0 Å². The van der Waals surface area contributed by atoms with Gasteiger partial charge in [0.05, 0.1) is 11.3 Å². The van der Waals surface area contributed by atoms with Gasteiger partial charge >= 0.3 is 5.97 Å². The van der Waals surface area contributed by atoms with Gasteiger partial charge in [-0.25, -0.2) is 22.3 Å². The van der Waals surface area contributed by atoms with Gasteiger partial charge in [-0.3, -0.25) is 0 Å². The molecule has 2 aromatic rings. The molecular formula is C16H16FNO4S. The summed E-state index contributed by atoms with van der Waals surface area (Å²) in [5, 5.41) is 8.91. The number of carboxylic acids is 1. The fourth-order valence-electron chi connectivity index (χ4n) is 2.11. The first kappa shape index (κ1) is 17.1. The molecule has 0 amide bonds. The SMILES string of the molecule is O=C(O)c1cccc(CCNS(=O)(=O)Cc2cccc(F)c2)c1. The zero-order valence-electron chi connectivity index (χ0n) is 12.2. The van der Waals surface area contributed by atoms with Crippen molar-refractivity contribution in [1.29, 1.82) is 0 Å².